The molecule has 5 nitrogen and oxygen atoms in total. The maximum Gasteiger partial charge on any atom is 0.266 e. The number of ether oxygens (including phenoxy) is 1. The van der Waals surface area contributed by atoms with Gasteiger partial charge in [0.15, 0.2) is 0 Å². The largest absolute Gasteiger partial charge is 0.475 e. The zero-order valence-electron chi connectivity index (χ0n) is 16.7. The number of rotatable bonds is 4. The fraction of sp³-hybridized carbons (Fsp3) is 0.348. The summed E-state index contributed by atoms with van der Waals surface area (Å²) in [4.78, 5) is 32.6. The summed E-state index contributed by atoms with van der Waals surface area (Å²) in [6, 6.07) is 11.3. The summed E-state index contributed by atoms with van der Waals surface area (Å²) < 4.78 is 5.58. The van der Waals surface area contributed by atoms with E-state index in [4.69, 9.17) is 4.74 Å². The van der Waals surface area contributed by atoms with Gasteiger partial charge in [0.05, 0.1) is 23.4 Å². The molecule has 144 valence electrons. The average molecular weight is 376 g/mol. The SMILES string of the molecule is CC(C)c1cccc(C(C)C)c1N1C(=O)c2cccc(C3=NCCO3)c2C1=O. The van der Waals surface area contributed by atoms with Crippen molar-refractivity contribution in [1.82, 2.24) is 0 Å². The Morgan fingerprint density at radius 2 is 1.50 bits per heavy atom. The number of fused-ring (bicyclic) bond motifs is 1. The summed E-state index contributed by atoms with van der Waals surface area (Å²) in [6.07, 6.45) is 0. The Morgan fingerprint density at radius 1 is 0.893 bits per heavy atom. The lowest BCUT2D eigenvalue weighted by molar-refractivity contribution is 0.0925. The quantitative estimate of drug-likeness (QED) is 0.738. The fourth-order valence-corrected chi connectivity index (χ4v) is 3.93. The number of benzene rings is 2. The van der Waals surface area contributed by atoms with Crippen LogP contribution in [0.3, 0.4) is 0 Å². The second kappa shape index (κ2) is 6.89. The lowest BCUT2D eigenvalue weighted by atomic mass is 9.92. The normalized spacial score (nSPS) is 16.1. The minimum Gasteiger partial charge on any atom is -0.475 e. The molecular weight excluding hydrogens is 352 g/mol. The number of nitrogens with zero attached hydrogens (tertiary/aromatic N) is 2. The van der Waals surface area contributed by atoms with Gasteiger partial charge in [-0.25, -0.2) is 9.89 Å². The van der Waals surface area contributed by atoms with Crippen LogP contribution in [0.25, 0.3) is 0 Å². The van der Waals surface area contributed by atoms with Crippen LogP contribution in [0.15, 0.2) is 41.4 Å². The molecule has 2 aromatic rings. The first-order valence-corrected chi connectivity index (χ1v) is 9.74. The zero-order valence-corrected chi connectivity index (χ0v) is 16.7. The molecule has 0 radical (unpaired) electrons. The van der Waals surface area contributed by atoms with Crippen molar-refractivity contribution in [2.75, 3.05) is 18.1 Å². The van der Waals surface area contributed by atoms with Gasteiger partial charge in [-0.1, -0.05) is 52.0 Å². The first-order valence-electron chi connectivity index (χ1n) is 9.74. The van der Waals surface area contributed by atoms with Crippen LogP contribution in [-0.2, 0) is 4.74 Å². The molecule has 2 heterocycles. The van der Waals surface area contributed by atoms with Crippen molar-refractivity contribution in [2.24, 2.45) is 4.99 Å². The first-order chi connectivity index (χ1) is 13.4. The molecule has 0 saturated heterocycles. The van der Waals surface area contributed by atoms with Gasteiger partial charge in [0, 0.05) is 5.56 Å². The van der Waals surface area contributed by atoms with Crippen LogP contribution < -0.4 is 4.90 Å². The molecule has 2 amide bonds. The second-order valence-corrected chi connectivity index (χ2v) is 7.80. The Balaban J connectivity index is 1.91. The molecule has 0 aromatic heterocycles. The molecule has 4 rings (SSSR count). The van der Waals surface area contributed by atoms with Crippen LogP contribution in [-0.4, -0.2) is 30.9 Å². The van der Waals surface area contributed by atoms with Crippen LogP contribution in [0, 0.1) is 0 Å². The minimum atomic E-state index is -0.302. The third kappa shape index (κ3) is 2.73. The maximum atomic E-state index is 13.5. The lowest BCUT2D eigenvalue weighted by Crippen LogP contribution is -2.32. The smallest absolute Gasteiger partial charge is 0.266 e. The van der Waals surface area contributed by atoms with E-state index in [0.717, 1.165) is 16.8 Å². The number of carbonyl (C=O) groups excluding carboxylic acids is 2. The van der Waals surface area contributed by atoms with E-state index in [9.17, 15) is 9.59 Å². The highest BCUT2D eigenvalue weighted by molar-refractivity contribution is 6.36. The van der Waals surface area contributed by atoms with Crippen LogP contribution in [0.2, 0.25) is 0 Å². The molecule has 2 aliphatic heterocycles. The minimum absolute atomic E-state index is 0.181. The molecule has 0 spiro atoms. The van der Waals surface area contributed by atoms with Crippen molar-refractivity contribution in [3.63, 3.8) is 0 Å². The number of hydrogen-bond donors (Lipinski definition) is 0. The Kier molecular flexibility index (Phi) is 4.53. The number of amides is 2. The standard InChI is InChI=1S/C23H24N2O3/c1-13(2)15-7-5-8-16(14(3)4)20(15)25-22(26)18-10-6-9-17(19(18)23(25)27)21-24-11-12-28-21/h5-10,13-14H,11-12H2,1-4H3. The number of carbonyl (C=O) groups is 2. The molecular formula is C23H24N2O3. The van der Waals surface area contributed by atoms with Crippen molar-refractivity contribution in [3.8, 4) is 0 Å². The number of imide groups is 1. The Morgan fingerprint density at radius 3 is 2.07 bits per heavy atom. The Labute approximate surface area is 165 Å². The predicted octanol–water partition coefficient (Wildman–Crippen LogP) is 4.51. The summed E-state index contributed by atoms with van der Waals surface area (Å²) in [5.41, 5.74) is 4.12. The average Bonchev–Trinajstić information content (AvgIpc) is 3.29. The number of aliphatic imine (C=N–C) groups is 1. The summed E-state index contributed by atoms with van der Waals surface area (Å²) in [5, 5.41) is 0. The van der Waals surface area contributed by atoms with Gasteiger partial charge in [-0.3, -0.25) is 9.59 Å². The monoisotopic (exact) mass is 376 g/mol. The molecule has 2 aromatic carbocycles. The molecule has 0 saturated carbocycles. The molecule has 0 unspecified atom stereocenters. The number of anilines is 1. The van der Waals surface area contributed by atoms with E-state index in [1.54, 1.807) is 18.2 Å². The summed E-state index contributed by atoms with van der Waals surface area (Å²) in [6.45, 7) is 9.37. The van der Waals surface area contributed by atoms with Crippen molar-refractivity contribution in [2.45, 2.75) is 39.5 Å². The van der Waals surface area contributed by atoms with E-state index in [1.165, 1.54) is 4.90 Å². The van der Waals surface area contributed by atoms with Gasteiger partial charge in [-0.15, -0.1) is 0 Å². The van der Waals surface area contributed by atoms with Crippen molar-refractivity contribution in [3.05, 3.63) is 64.2 Å². The highest BCUT2D eigenvalue weighted by Crippen LogP contribution is 2.40. The van der Waals surface area contributed by atoms with Crippen LogP contribution >= 0.6 is 0 Å². The van der Waals surface area contributed by atoms with E-state index in [-0.39, 0.29) is 23.7 Å². The molecule has 5 heteroatoms. The molecule has 0 fully saturated rings. The first kappa shape index (κ1) is 18.4. The predicted molar refractivity (Wildman–Crippen MR) is 110 cm³/mol. The molecule has 2 aliphatic rings. The maximum absolute atomic E-state index is 13.5. The molecule has 28 heavy (non-hydrogen) atoms. The molecule has 0 atom stereocenters. The van der Waals surface area contributed by atoms with Crippen molar-refractivity contribution >= 4 is 23.4 Å². The van der Waals surface area contributed by atoms with Crippen LogP contribution in [0.1, 0.15) is 76.9 Å². The molecule has 0 bridgehead atoms. The lowest BCUT2D eigenvalue weighted by Gasteiger charge is -2.25. The van der Waals surface area contributed by atoms with Crippen molar-refractivity contribution < 1.29 is 14.3 Å². The Hall–Kier alpha value is -2.95. The molecule has 0 aliphatic carbocycles. The van der Waals surface area contributed by atoms with E-state index < -0.39 is 0 Å². The molecule has 0 N–H and O–H groups in total. The summed E-state index contributed by atoms with van der Waals surface area (Å²) >= 11 is 0. The highest BCUT2D eigenvalue weighted by Gasteiger charge is 2.41. The van der Waals surface area contributed by atoms with Gasteiger partial charge in [0.25, 0.3) is 11.8 Å². The van der Waals surface area contributed by atoms with E-state index in [0.29, 0.717) is 35.7 Å². The topological polar surface area (TPSA) is 59.0 Å². The van der Waals surface area contributed by atoms with Gasteiger partial charge in [-0.05, 0) is 35.1 Å². The number of para-hydroxylation sites is 1. The highest BCUT2D eigenvalue weighted by atomic mass is 16.5. The van der Waals surface area contributed by atoms with Crippen LogP contribution in [0.4, 0.5) is 5.69 Å². The fourth-order valence-electron chi connectivity index (χ4n) is 3.93. The van der Waals surface area contributed by atoms with Crippen LogP contribution in [0.5, 0.6) is 0 Å². The van der Waals surface area contributed by atoms with Gasteiger partial charge in [0.1, 0.15) is 6.61 Å². The van der Waals surface area contributed by atoms with E-state index >= 15 is 0 Å². The second-order valence-electron chi connectivity index (χ2n) is 7.80. The summed E-state index contributed by atoms with van der Waals surface area (Å²) in [5.74, 6) is 0.223. The number of hydrogen-bond acceptors (Lipinski definition) is 4. The Bertz CT molecular complexity index is 979. The third-order valence-electron chi connectivity index (χ3n) is 5.30. The zero-order chi connectivity index (χ0) is 20.0. The third-order valence-corrected chi connectivity index (χ3v) is 5.30. The van der Waals surface area contributed by atoms with Crippen molar-refractivity contribution in [1.29, 1.82) is 0 Å². The van der Waals surface area contributed by atoms with Gasteiger partial charge >= 0.3 is 0 Å². The van der Waals surface area contributed by atoms with E-state index in [2.05, 4.69) is 32.7 Å². The summed E-state index contributed by atoms with van der Waals surface area (Å²) in [7, 11) is 0. The van der Waals surface area contributed by atoms with E-state index in [1.807, 2.05) is 18.2 Å². The van der Waals surface area contributed by atoms with Gasteiger partial charge < -0.3 is 4.74 Å². The van der Waals surface area contributed by atoms with Gasteiger partial charge in [0.2, 0.25) is 5.90 Å². The van der Waals surface area contributed by atoms with Gasteiger partial charge in [-0.2, -0.15) is 0 Å².